The molecule has 5 heteroatoms. The summed E-state index contributed by atoms with van der Waals surface area (Å²) in [6, 6.07) is 15.8. The monoisotopic (exact) mass is 282 g/mol. The summed E-state index contributed by atoms with van der Waals surface area (Å²) in [5.41, 5.74) is 3.70. The van der Waals surface area contributed by atoms with Crippen LogP contribution in [0.15, 0.2) is 48.5 Å². The summed E-state index contributed by atoms with van der Waals surface area (Å²) in [5.74, 6) is -0.937. The molecule has 2 aromatic rings. The van der Waals surface area contributed by atoms with Crippen molar-refractivity contribution in [3.05, 3.63) is 65.2 Å². The predicted molar refractivity (Wildman–Crippen MR) is 79.4 cm³/mol. The van der Waals surface area contributed by atoms with Crippen molar-refractivity contribution >= 4 is 18.6 Å². The van der Waals surface area contributed by atoms with Gasteiger partial charge in [-0.05, 0) is 28.6 Å². The van der Waals surface area contributed by atoms with Gasteiger partial charge in [0.2, 0.25) is 0 Å². The van der Waals surface area contributed by atoms with Gasteiger partial charge in [-0.15, -0.1) is 0 Å². The number of hydrogen-bond donors (Lipinski definition) is 2. The van der Waals surface area contributed by atoms with Crippen molar-refractivity contribution in [2.24, 2.45) is 0 Å². The Labute approximate surface area is 123 Å². The molecular weight excluding hydrogens is 267 g/mol. The fourth-order valence-electron chi connectivity index (χ4n) is 2.69. The molecule has 0 saturated heterocycles. The van der Waals surface area contributed by atoms with Gasteiger partial charge in [-0.3, -0.25) is 4.79 Å². The van der Waals surface area contributed by atoms with Crippen LogP contribution in [0.4, 0.5) is 0 Å². The fourth-order valence-corrected chi connectivity index (χ4v) is 2.69. The summed E-state index contributed by atoms with van der Waals surface area (Å²) >= 11 is 0. The number of hydrogen-bond acceptors (Lipinski definition) is 3. The van der Waals surface area contributed by atoms with Crippen LogP contribution in [0.5, 0.6) is 0 Å². The van der Waals surface area contributed by atoms with E-state index < -0.39 is 19.2 Å². The highest BCUT2D eigenvalue weighted by Crippen LogP contribution is 2.27. The van der Waals surface area contributed by atoms with E-state index in [4.69, 9.17) is 9.76 Å². The van der Waals surface area contributed by atoms with Gasteiger partial charge in [0.1, 0.15) is 0 Å². The minimum Gasteiger partial charge on any atom is -0.481 e. The van der Waals surface area contributed by atoms with Gasteiger partial charge in [0, 0.05) is 0 Å². The van der Waals surface area contributed by atoms with Crippen molar-refractivity contribution in [1.29, 1.82) is 0 Å². The Morgan fingerprint density at radius 3 is 2.62 bits per heavy atom. The van der Waals surface area contributed by atoms with E-state index in [-0.39, 0.29) is 6.42 Å². The lowest BCUT2D eigenvalue weighted by atomic mass is 9.78. The van der Waals surface area contributed by atoms with E-state index in [1.165, 1.54) is 5.56 Å². The van der Waals surface area contributed by atoms with Crippen molar-refractivity contribution in [2.75, 3.05) is 0 Å². The molecule has 0 aromatic heterocycles. The molecule has 4 nitrogen and oxygen atoms in total. The number of benzene rings is 2. The molecule has 1 atom stereocenters. The number of fused-ring (bicyclic) bond motifs is 1. The fraction of sp³-hybridized carbons (Fsp3) is 0.188. The molecule has 1 unspecified atom stereocenters. The Kier molecular flexibility index (Phi) is 3.77. The van der Waals surface area contributed by atoms with Crippen molar-refractivity contribution in [3.63, 3.8) is 0 Å². The molecule has 0 spiro atoms. The van der Waals surface area contributed by atoms with E-state index in [9.17, 15) is 9.82 Å². The third-order valence-electron chi connectivity index (χ3n) is 3.67. The first-order chi connectivity index (χ1) is 10.1. The highest BCUT2D eigenvalue weighted by atomic mass is 16.5. The first-order valence-corrected chi connectivity index (χ1v) is 6.85. The summed E-state index contributed by atoms with van der Waals surface area (Å²) in [4.78, 5) is 10.8. The topological polar surface area (TPSA) is 66.8 Å². The van der Waals surface area contributed by atoms with E-state index in [1.807, 2.05) is 48.5 Å². The summed E-state index contributed by atoms with van der Waals surface area (Å²) in [6.07, 6.45) is 0.0604. The summed E-state index contributed by atoms with van der Waals surface area (Å²) in [7, 11) is -1.04. The van der Waals surface area contributed by atoms with Crippen molar-refractivity contribution in [3.8, 4) is 0 Å². The number of carboxylic acids is 1. The average Bonchev–Trinajstić information content (AvgIpc) is 2.75. The molecule has 0 fully saturated rings. The Morgan fingerprint density at radius 1 is 1.14 bits per heavy atom. The van der Waals surface area contributed by atoms with Gasteiger partial charge in [0.05, 0.1) is 12.5 Å². The standard InChI is InChI=1S/C16H15BO4/c18-16(19)10-15-13-7-6-12(9-14(13)17(20)21-15)8-11-4-2-1-3-5-11/h1-7,9,15,20H,8,10H2,(H,18,19). The highest BCUT2D eigenvalue weighted by Gasteiger charge is 2.36. The second-order valence-electron chi connectivity index (χ2n) is 5.20. The molecule has 1 heterocycles. The predicted octanol–water partition coefficient (Wildman–Crippen LogP) is 1.51. The smallest absolute Gasteiger partial charge is 0.481 e. The first kappa shape index (κ1) is 13.9. The van der Waals surface area contributed by atoms with Crippen LogP contribution in [0.25, 0.3) is 0 Å². The van der Waals surface area contributed by atoms with Gasteiger partial charge in [0.25, 0.3) is 0 Å². The largest absolute Gasteiger partial charge is 0.492 e. The second kappa shape index (κ2) is 5.72. The molecule has 0 bridgehead atoms. The first-order valence-electron chi connectivity index (χ1n) is 6.85. The molecule has 3 rings (SSSR count). The normalized spacial score (nSPS) is 16.8. The van der Waals surface area contributed by atoms with Gasteiger partial charge in [-0.25, -0.2) is 0 Å². The van der Waals surface area contributed by atoms with E-state index >= 15 is 0 Å². The Balaban J connectivity index is 1.85. The summed E-state index contributed by atoms with van der Waals surface area (Å²) in [5, 5.41) is 18.8. The summed E-state index contributed by atoms with van der Waals surface area (Å²) < 4.78 is 5.32. The highest BCUT2D eigenvalue weighted by molar-refractivity contribution is 6.61. The third kappa shape index (κ3) is 2.99. The zero-order valence-electron chi connectivity index (χ0n) is 11.4. The van der Waals surface area contributed by atoms with Gasteiger partial charge in [0.15, 0.2) is 0 Å². The maximum atomic E-state index is 10.8. The molecular formula is C16H15BO4. The maximum Gasteiger partial charge on any atom is 0.492 e. The Morgan fingerprint density at radius 2 is 1.90 bits per heavy atom. The average molecular weight is 282 g/mol. The van der Waals surface area contributed by atoms with Crippen LogP contribution in [0.1, 0.15) is 29.2 Å². The zero-order chi connectivity index (χ0) is 14.8. The number of rotatable bonds is 4. The lowest BCUT2D eigenvalue weighted by Gasteiger charge is -2.09. The van der Waals surface area contributed by atoms with Crippen LogP contribution in [0, 0.1) is 0 Å². The van der Waals surface area contributed by atoms with Crippen LogP contribution in [-0.2, 0) is 15.9 Å². The molecule has 2 aromatic carbocycles. The van der Waals surface area contributed by atoms with Gasteiger partial charge < -0.3 is 14.8 Å². The zero-order valence-corrected chi connectivity index (χ0v) is 11.4. The molecule has 21 heavy (non-hydrogen) atoms. The van der Waals surface area contributed by atoms with Gasteiger partial charge in [-0.1, -0.05) is 48.5 Å². The van der Waals surface area contributed by atoms with Crippen molar-refractivity contribution in [2.45, 2.75) is 18.9 Å². The molecule has 0 radical (unpaired) electrons. The minimum absolute atomic E-state index is 0.137. The SMILES string of the molecule is O=C(O)CC1OB(O)c2cc(Cc3ccccc3)ccc21. The lowest BCUT2D eigenvalue weighted by molar-refractivity contribution is -0.138. The Hall–Kier alpha value is -2.11. The van der Waals surface area contributed by atoms with Crippen LogP contribution < -0.4 is 5.46 Å². The maximum absolute atomic E-state index is 10.8. The molecule has 1 aliphatic rings. The van der Waals surface area contributed by atoms with Crippen LogP contribution in [0.3, 0.4) is 0 Å². The molecule has 1 aliphatic heterocycles. The molecule has 0 aliphatic carbocycles. The van der Waals surface area contributed by atoms with E-state index in [0.717, 1.165) is 17.5 Å². The van der Waals surface area contributed by atoms with Crippen molar-refractivity contribution < 1.29 is 19.6 Å². The summed E-state index contributed by atoms with van der Waals surface area (Å²) in [6.45, 7) is 0. The molecule has 2 N–H and O–H groups in total. The van der Waals surface area contributed by atoms with Crippen LogP contribution in [-0.4, -0.2) is 23.2 Å². The molecule has 0 saturated carbocycles. The number of aliphatic carboxylic acids is 1. The second-order valence-corrected chi connectivity index (χ2v) is 5.20. The number of carboxylic acid groups (broad SMARTS) is 1. The Bertz CT molecular complexity index is 657. The van der Waals surface area contributed by atoms with Gasteiger partial charge in [-0.2, -0.15) is 0 Å². The quantitative estimate of drug-likeness (QED) is 0.834. The molecule has 106 valence electrons. The lowest BCUT2D eigenvalue weighted by Crippen LogP contribution is -2.28. The van der Waals surface area contributed by atoms with Crippen molar-refractivity contribution in [1.82, 2.24) is 0 Å². The van der Waals surface area contributed by atoms with E-state index in [0.29, 0.717) is 5.46 Å². The minimum atomic E-state index is -1.04. The van der Waals surface area contributed by atoms with E-state index in [1.54, 1.807) is 0 Å². The van der Waals surface area contributed by atoms with E-state index in [2.05, 4.69) is 0 Å². The van der Waals surface area contributed by atoms with Crippen LogP contribution in [0.2, 0.25) is 0 Å². The number of carbonyl (C=O) groups is 1. The van der Waals surface area contributed by atoms with Gasteiger partial charge >= 0.3 is 13.1 Å². The van der Waals surface area contributed by atoms with Crippen LogP contribution >= 0.6 is 0 Å². The third-order valence-corrected chi connectivity index (χ3v) is 3.67. The molecule has 0 amide bonds.